The van der Waals surface area contributed by atoms with Gasteiger partial charge in [-0.3, -0.25) is 9.59 Å². The molecule has 1 aromatic carbocycles. The van der Waals surface area contributed by atoms with Crippen molar-refractivity contribution < 1.29 is 14.3 Å². The first-order valence-corrected chi connectivity index (χ1v) is 8.53. The van der Waals surface area contributed by atoms with Crippen molar-refractivity contribution in [3.63, 3.8) is 0 Å². The van der Waals surface area contributed by atoms with Crippen molar-refractivity contribution in [2.24, 2.45) is 0 Å². The molecule has 1 amide bonds. The first-order chi connectivity index (χ1) is 11.1. The molecule has 1 aliphatic carbocycles. The number of rotatable bonds is 5. The van der Waals surface area contributed by atoms with Gasteiger partial charge in [0, 0.05) is 11.3 Å². The highest BCUT2D eigenvalue weighted by Crippen LogP contribution is 2.40. The predicted molar refractivity (Wildman–Crippen MR) is 90.2 cm³/mol. The van der Waals surface area contributed by atoms with E-state index in [1.165, 1.54) is 0 Å². The Morgan fingerprint density at radius 2 is 2.22 bits per heavy atom. The molecule has 1 aliphatic rings. The molecule has 0 saturated carbocycles. The minimum absolute atomic E-state index is 0.0808. The molecule has 0 radical (unpaired) electrons. The van der Waals surface area contributed by atoms with Crippen LogP contribution in [0.5, 0.6) is 5.75 Å². The molecular formula is C18H19NO3S. The zero-order valence-corrected chi connectivity index (χ0v) is 14.0. The average Bonchev–Trinajstić information content (AvgIpc) is 3.13. The smallest absolute Gasteiger partial charge is 0.258 e. The Hall–Kier alpha value is -2.14. The molecule has 0 aliphatic heterocycles. The number of ketones is 1. The van der Waals surface area contributed by atoms with E-state index in [1.807, 2.05) is 37.4 Å². The van der Waals surface area contributed by atoms with Crippen molar-refractivity contribution in [3.05, 3.63) is 51.2 Å². The number of carbonyl (C=O) groups is 2. The normalized spacial score (nSPS) is 16.3. The van der Waals surface area contributed by atoms with Crippen LogP contribution in [-0.4, -0.2) is 18.3 Å². The molecule has 2 aromatic rings. The fourth-order valence-electron chi connectivity index (χ4n) is 3.02. The minimum atomic E-state index is -0.189. The van der Waals surface area contributed by atoms with Gasteiger partial charge in [-0.25, -0.2) is 0 Å². The summed E-state index contributed by atoms with van der Waals surface area (Å²) in [5.41, 5.74) is 2.82. The Kier molecular flexibility index (Phi) is 4.48. The van der Waals surface area contributed by atoms with Crippen LogP contribution in [0.2, 0.25) is 0 Å². The van der Waals surface area contributed by atoms with E-state index >= 15 is 0 Å². The third kappa shape index (κ3) is 3.29. The Balaban J connectivity index is 1.65. The predicted octanol–water partition coefficient (Wildman–Crippen LogP) is 3.44. The zero-order valence-electron chi connectivity index (χ0n) is 13.2. The summed E-state index contributed by atoms with van der Waals surface area (Å²) in [7, 11) is 0. The van der Waals surface area contributed by atoms with E-state index in [2.05, 4.69) is 5.32 Å². The van der Waals surface area contributed by atoms with Crippen LogP contribution < -0.4 is 10.1 Å². The van der Waals surface area contributed by atoms with Gasteiger partial charge in [-0.2, -0.15) is 0 Å². The molecular weight excluding hydrogens is 310 g/mol. The molecule has 0 saturated heterocycles. The van der Waals surface area contributed by atoms with Gasteiger partial charge in [0.1, 0.15) is 5.75 Å². The van der Waals surface area contributed by atoms with Gasteiger partial charge >= 0.3 is 0 Å². The molecule has 1 atom stereocenters. The van der Waals surface area contributed by atoms with E-state index in [0.29, 0.717) is 24.3 Å². The number of amides is 1. The van der Waals surface area contributed by atoms with E-state index in [9.17, 15) is 9.59 Å². The standard InChI is InChI=1S/C18H19NO3S/c1-11-5-6-15(18-14(20)8-12(2)17(11)18)22-10-16(21)19-9-13-4-3-7-23-13/h3-7,12H,8-10H2,1-2H3,(H,19,21). The molecule has 4 nitrogen and oxygen atoms in total. The van der Waals surface area contributed by atoms with E-state index in [-0.39, 0.29) is 24.2 Å². The first-order valence-electron chi connectivity index (χ1n) is 7.65. The number of aryl methyl sites for hydroxylation is 1. The van der Waals surface area contributed by atoms with Gasteiger partial charge in [0.25, 0.3) is 5.91 Å². The number of fused-ring (bicyclic) bond motifs is 1. The van der Waals surface area contributed by atoms with Crippen LogP contribution >= 0.6 is 11.3 Å². The summed E-state index contributed by atoms with van der Waals surface area (Å²) in [5.74, 6) is 0.649. The second-order valence-corrected chi connectivity index (χ2v) is 6.87. The fraction of sp³-hybridized carbons (Fsp3) is 0.333. The summed E-state index contributed by atoms with van der Waals surface area (Å²) in [6.45, 7) is 4.48. The average molecular weight is 329 g/mol. The zero-order chi connectivity index (χ0) is 16.4. The van der Waals surface area contributed by atoms with Crippen LogP contribution in [-0.2, 0) is 11.3 Å². The molecule has 0 bridgehead atoms. The van der Waals surface area contributed by atoms with Gasteiger partial charge in [0.15, 0.2) is 12.4 Å². The summed E-state index contributed by atoms with van der Waals surface area (Å²) in [6.07, 6.45) is 0.515. The highest BCUT2D eigenvalue weighted by molar-refractivity contribution is 7.09. The molecule has 1 unspecified atom stereocenters. The summed E-state index contributed by atoms with van der Waals surface area (Å²) < 4.78 is 5.62. The van der Waals surface area contributed by atoms with Crippen molar-refractivity contribution >= 4 is 23.0 Å². The number of ether oxygens (including phenoxy) is 1. The molecule has 1 aromatic heterocycles. The molecule has 23 heavy (non-hydrogen) atoms. The number of Topliss-reactive ketones (excluding diaryl/α,β-unsaturated/α-hetero) is 1. The van der Waals surface area contributed by atoms with Crippen molar-refractivity contribution in [3.8, 4) is 5.75 Å². The summed E-state index contributed by atoms with van der Waals surface area (Å²) >= 11 is 1.60. The summed E-state index contributed by atoms with van der Waals surface area (Å²) in [6, 6.07) is 7.66. The van der Waals surface area contributed by atoms with Gasteiger partial charge in [0.2, 0.25) is 0 Å². The van der Waals surface area contributed by atoms with Gasteiger partial charge in [0.05, 0.1) is 12.1 Å². The Morgan fingerprint density at radius 1 is 1.39 bits per heavy atom. The van der Waals surface area contributed by atoms with E-state index in [4.69, 9.17) is 4.74 Å². The van der Waals surface area contributed by atoms with Crippen molar-refractivity contribution in [1.82, 2.24) is 5.32 Å². The Morgan fingerprint density at radius 3 is 2.96 bits per heavy atom. The Labute approximate surface area is 139 Å². The second kappa shape index (κ2) is 6.54. The second-order valence-electron chi connectivity index (χ2n) is 5.84. The van der Waals surface area contributed by atoms with Crippen LogP contribution in [0.1, 0.15) is 45.6 Å². The van der Waals surface area contributed by atoms with Crippen molar-refractivity contribution in [2.45, 2.75) is 32.7 Å². The number of hydrogen-bond donors (Lipinski definition) is 1. The topological polar surface area (TPSA) is 55.4 Å². The monoisotopic (exact) mass is 329 g/mol. The third-order valence-electron chi connectivity index (χ3n) is 4.09. The van der Waals surface area contributed by atoms with Crippen LogP contribution in [0.25, 0.3) is 0 Å². The van der Waals surface area contributed by atoms with E-state index in [1.54, 1.807) is 17.4 Å². The SMILES string of the molecule is Cc1ccc(OCC(=O)NCc2cccs2)c2c1C(C)CC2=O. The van der Waals surface area contributed by atoms with Crippen molar-refractivity contribution in [1.29, 1.82) is 0 Å². The maximum absolute atomic E-state index is 12.2. The third-order valence-corrected chi connectivity index (χ3v) is 4.96. The molecule has 1 heterocycles. The molecule has 0 fully saturated rings. The van der Waals surface area contributed by atoms with Crippen LogP contribution in [0.4, 0.5) is 0 Å². The number of nitrogens with one attached hydrogen (secondary N) is 1. The maximum Gasteiger partial charge on any atom is 0.258 e. The quantitative estimate of drug-likeness (QED) is 0.914. The fourth-order valence-corrected chi connectivity index (χ4v) is 3.67. The van der Waals surface area contributed by atoms with E-state index < -0.39 is 0 Å². The maximum atomic E-state index is 12.2. The lowest BCUT2D eigenvalue weighted by molar-refractivity contribution is -0.123. The summed E-state index contributed by atoms with van der Waals surface area (Å²) in [4.78, 5) is 25.2. The Bertz CT molecular complexity index is 737. The number of carbonyl (C=O) groups excluding carboxylic acids is 2. The van der Waals surface area contributed by atoms with Crippen LogP contribution in [0, 0.1) is 6.92 Å². The van der Waals surface area contributed by atoms with Gasteiger partial charge in [-0.1, -0.05) is 19.1 Å². The molecule has 120 valence electrons. The molecule has 3 rings (SSSR count). The van der Waals surface area contributed by atoms with Crippen molar-refractivity contribution in [2.75, 3.05) is 6.61 Å². The largest absolute Gasteiger partial charge is 0.483 e. The molecule has 1 N–H and O–H groups in total. The lowest BCUT2D eigenvalue weighted by Crippen LogP contribution is -2.28. The van der Waals surface area contributed by atoms with Gasteiger partial charge in [-0.05, 0) is 41.5 Å². The number of hydrogen-bond acceptors (Lipinski definition) is 4. The van der Waals surface area contributed by atoms with E-state index in [0.717, 1.165) is 16.0 Å². The summed E-state index contributed by atoms with van der Waals surface area (Å²) in [5, 5.41) is 4.79. The van der Waals surface area contributed by atoms with Crippen LogP contribution in [0.3, 0.4) is 0 Å². The lowest BCUT2D eigenvalue weighted by atomic mass is 9.97. The first kappa shape index (κ1) is 15.7. The highest BCUT2D eigenvalue weighted by Gasteiger charge is 2.31. The lowest BCUT2D eigenvalue weighted by Gasteiger charge is -2.13. The minimum Gasteiger partial charge on any atom is -0.483 e. The van der Waals surface area contributed by atoms with Gasteiger partial charge < -0.3 is 10.1 Å². The molecule has 5 heteroatoms. The number of thiophene rings is 1. The van der Waals surface area contributed by atoms with Gasteiger partial charge in [-0.15, -0.1) is 11.3 Å². The number of benzene rings is 1. The highest BCUT2D eigenvalue weighted by atomic mass is 32.1. The molecule has 0 spiro atoms. The van der Waals surface area contributed by atoms with Crippen LogP contribution in [0.15, 0.2) is 29.6 Å².